The smallest absolute Gasteiger partial charge is 0.214 e. The predicted molar refractivity (Wildman–Crippen MR) is 79.4 cm³/mol. The average molecular weight is 306 g/mol. The van der Waals surface area contributed by atoms with Gasteiger partial charge in [-0.15, -0.1) is 5.10 Å². The van der Waals surface area contributed by atoms with Crippen LogP contribution in [0, 0.1) is 0 Å². The van der Waals surface area contributed by atoms with E-state index in [4.69, 9.17) is 9.47 Å². The molecule has 0 bridgehead atoms. The van der Waals surface area contributed by atoms with Gasteiger partial charge in [0.2, 0.25) is 5.16 Å². The van der Waals surface area contributed by atoms with Crippen LogP contribution in [0.2, 0.25) is 0 Å². The van der Waals surface area contributed by atoms with Crippen LogP contribution in [-0.2, 0) is 9.47 Å². The molecule has 3 rings (SSSR count). The Morgan fingerprint density at radius 3 is 3.00 bits per heavy atom. The van der Waals surface area contributed by atoms with Gasteiger partial charge in [-0.05, 0) is 41.8 Å². The van der Waals surface area contributed by atoms with Crippen molar-refractivity contribution in [3.05, 3.63) is 30.3 Å². The zero-order valence-corrected chi connectivity index (χ0v) is 12.5. The standard InChI is InChI=1S/C14H18N4O2S/c1-2-6-12(7-3-1)18-14(15-16-17-18)21-11-10-20-13-8-4-5-9-19-13/h1-3,6-7,13H,4-5,8-11H2. The van der Waals surface area contributed by atoms with Gasteiger partial charge in [-0.1, -0.05) is 30.0 Å². The Hall–Kier alpha value is -1.44. The summed E-state index contributed by atoms with van der Waals surface area (Å²) in [5, 5.41) is 12.6. The highest BCUT2D eigenvalue weighted by atomic mass is 32.2. The fraction of sp³-hybridized carbons (Fsp3) is 0.500. The molecule has 0 N–H and O–H groups in total. The van der Waals surface area contributed by atoms with Crippen LogP contribution in [-0.4, -0.2) is 45.5 Å². The monoisotopic (exact) mass is 306 g/mol. The fourth-order valence-electron chi connectivity index (χ4n) is 2.16. The summed E-state index contributed by atoms with van der Waals surface area (Å²) in [6.45, 7) is 1.45. The van der Waals surface area contributed by atoms with Crippen molar-refractivity contribution in [3.63, 3.8) is 0 Å². The van der Waals surface area contributed by atoms with Gasteiger partial charge in [0.15, 0.2) is 6.29 Å². The molecule has 112 valence electrons. The van der Waals surface area contributed by atoms with Crippen LogP contribution in [0.4, 0.5) is 0 Å². The van der Waals surface area contributed by atoms with Gasteiger partial charge in [-0.2, -0.15) is 4.68 Å². The van der Waals surface area contributed by atoms with E-state index >= 15 is 0 Å². The van der Waals surface area contributed by atoms with E-state index in [-0.39, 0.29) is 6.29 Å². The third-order valence-corrected chi connectivity index (χ3v) is 4.08. The van der Waals surface area contributed by atoms with E-state index < -0.39 is 0 Å². The molecule has 1 atom stereocenters. The minimum absolute atomic E-state index is 0.0375. The number of hydrogen-bond acceptors (Lipinski definition) is 6. The third-order valence-electron chi connectivity index (χ3n) is 3.20. The van der Waals surface area contributed by atoms with Gasteiger partial charge in [0.25, 0.3) is 0 Å². The molecule has 1 saturated heterocycles. The second-order valence-electron chi connectivity index (χ2n) is 4.72. The molecule has 6 nitrogen and oxygen atoms in total. The molecule has 1 unspecified atom stereocenters. The molecular formula is C14H18N4O2S. The molecule has 2 heterocycles. The van der Waals surface area contributed by atoms with Crippen molar-refractivity contribution in [3.8, 4) is 5.69 Å². The number of thioether (sulfide) groups is 1. The summed E-state index contributed by atoms with van der Waals surface area (Å²) in [5.74, 6) is 0.799. The molecule has 0 amide bonds. The van der Waals surface area contributed by atoms with Crippen molar-refractivity contribution in [1.29, 1.82) is 0 Å². The van der Waals surface area contributed by atoms with Gasteiger partial charge in [0.05, 0.1) is 12.3 Å². The molecule has 1 aromatic heterocycles. The summed E-state index contributed by atoms with van der Waals surface area (Å²) in [6.07, 6.45) is 3.28. The molecule has 1 fully saturated rings. The number of aromatic nitrogens is 4. The SMILES string of the molecule is c1ccc(-n2nnnc2SCCOC2CCCCO2)cc1. The predicted octanol–water partition coefficient (Wildman–Crippen LogP) is 2.30. The van der Waals surface area contributed by atoms with E-state index in [0.717, 1.165) is 36.0 Å². The molecule has 1 aliphatic rings. The molecule has 0 aliphatic carbocycles. The summed E-state index contributed by atoms with van der Waals surface area (Å²) in [5.41, 5.74) is 0.960. The average Bonchev–Trinajstić information content (AvgIpc) is 3.02. The second-order valence-corrected chi connectivity index (χ2v) is 5.79. The lowest BCUT2D eigenvalue weighted by Gasteiger charge is -2.22. The van der Waals surface area contributed by atoms with Crippen molar-refractivity contribution in [2.75, 3.05) is 19.0 Å². The molecule has 0 radical (unpaired) electrons. The second kappa shape index (κ2) is 7.53. The highest BCUT2D eigenvalue weighted by Gasteiger charge is 2.14. The maximum atomic E-state index is 5.71. The third kappa shape index (κ3) is 4.03. The van der Waals surface area contributed by atoms with Gasteiger partial charge in [-0.25, -0.2) is 0 Å². The molecular weight excluding hydrogens is 288 g/mol. The molecule has 1 aliphatic heterocycles. The Kier molecular flexibility index (Phi) is 5.20. The van der Waals surface area contributed by atoms with Crippen LogP contribution < -0.4 is 0 Å². The van der Waals surface area contributed by atoms with Crippen LogP contribution in [0.25, 0.3) is 5.69 Å². The lowest BCUT2D eigenvalue weighted by molar-refractivity contribution is -0.158. The number of rotatable bonds is 6. The van der Waals surface area contributed by atoms with Crippen molar-refractivity contribution in [1.82, 2.24) is 20.2 Å². The van der Waals surface area contributed by atoms with Gasteiger partial charge < -0.3 is 9.47 Å². The van der Waals surface area contributed by atoms with Crippen molar-refractivity contribution < 1.29 is 9.47 Å². The Morgan fingerprint density at radius 1 is 1.29 bits per heavy atom. The Balaban J connectivity index is 1.49. The summed E-state index contributed by atoms with van der Waals surface area (Å²) in [7, 11) is 0. The number of ether oxygens (including phenoxy) is 2. The van der Waals surface area contributed by atoms with Gasteiger partial charge in [0, 0.05) is 12.4 Å². The molecule has 1 aromatic carbocycles. The van der Waals surface area contributed by atoms with E-state index in [0.29, 0.717) is 6.61 Å². The van der Waals surface area contributed by atoms with Crippen LogP contribution in [0.15, 0.2) is 35.5 Å². The highest BCUT2D eigenvalue weighted by molar-refractivity contribution is 7.99. The molecule has 0 spiro atoms. The largest absolute Gasteiger partial charge is 0.353 e. The fourth-order valence-corrected chi connectivity index (χ4v) is 2.88. The van der Waals surface area contributed by atoms with Crippen molar-refractivity contribution in [2.45, 2.75) is 30.7 Å². The summed E-state index contributed by atoms with van der Waals surface area (Å²) in [6, 6.07) is 9.86. The summed E-state index contributed by atoms with van der Waals surface area (Å²) < 4.78 is 13.0. The first-order valence-corrected chi connectivity index (χ1v) is 8.12. The minimum Gasteiger partial charge on any atom is -0.353 e. The van der Waals surface area contributed by atoms with Crippen LogP contribution in [0.5, 0.6) is 0 Å². The normalized spacial score (nSPS) is 18.8. The number of para-hydroxylation sites is 1. The number of nitrogens with zero attached hydrogens (tertiary/aromatic N) is 4. The van der Waals surface area contributed by atoms with Crippen molar-refractivity contribution in [2.24, 2.45) is 0 Å². The van der Waals surface area contributed by atoms with Gasteiger partial charge >= 0.3 is 0 Å². The zero-order chi connectivity index (χ0) is 14.3. The van der Waals surface area contributed by atoms with E-state index in [1.807, 2.05) is 30.3 Å². The summed E-state index contributed by atoms with van der Waals surface area (Å²) in [4.78, 5) is 0. The quantitative estimate of drug-likeness (QED) is 0.603. The minimum atomic E-state index is -0.0375. The number of benzene rings is 1. The highest BCUT2D eigenvalue weighted by Crippen LogP contribution is 2.19. The van der Waals surface area contributed by atoms with Crippen LogP contribution in [0.1, 0.15) is 19.3 Å². The topological polar surface area (TPSA) is 62.1 Å². The molecule has 7 heteroatoms. The number of tetrazole rings is 1. The molecule has 0 saturated carbocycles. The van der Waals surface area contributed by atoms with E-state index in [2.05, 4.69) is 15.5 Å². The maximum Gasteiger partial charge on any atom is 0.214 e. The zero-order valence-electron chi connectivity index (χ0n) is 11.7. The first kappa shape index (κ1) is 14.5. The summed E-state index contributed by atoms with van der Waals surface area (Å²) >= 11 is 1.58. The van der Waals surface area contributed by atoms with E-state index in [1.165, 1.54) is 6.42 Å². The Bertz CT molecular complexity index is 543. The lowest BCUT2D eigenvalue weighted by Crippen LogP contribution is -2.23. The van der Waals surface area contributed by atoms with Crippen LogP contribution >= 0.6 is 11.8 Å². The first-order chi connectivity index (χ1) is 10.4. The van der Waals surface area contributed by atoms with Gasteiger partial charge in [-0.3, -0.25) is 0 Å². The molecule has 21 heavy (non-hydrogen) atoms. The van der Waals surface area contributed by atoms with Gasteiger partial charge in [0.1, 0.15) is 0 Å². The molecule has 2 aromatic rings. The maximum absolute atomic E-state index is 5.71. The Labute approximate surface area is 127 Å². The lowest BCUT2D eigenvalue weighted by atomic mass is 10.2. The van der Waals surface area contributed by atoms with E-state index in [9.17, 15) is 0 Å². The first-order valence-electron chi connectivity index (χ1n) is 7.13. The Morgan fingerprint density at radius 2 is 2.19 bits per heavy atom. The van der Waals surface area contributed by atoms with E-state index in [1.54, 1.807) is 16.4 Å². The van der Waals surface area contributed by atoms with Crippen LogP contribution in [0.3, 0.4) is 0 Å². The van der Waals surface area contributed by atoms with Crippen molar-refractivity contribution >= 4 is 11.8 Å². The number of hydrogen-bond donors (Lipinski definition) is 0.